The van der Waals surface area contributed by atoms with Crippen LogP contribution in [0.1, 0.15) is 12.5 Å². The zero-order chi connectivity index (χ0) is 20.0. The third-order valence-electron chi connectivity index (χ3n) is 3.11. The lowest BCUT2D eigenvalue weighted by molar-refractivity contribution is -0.136. The zero-order valence-electron chi connectivity index (χ0n) is 13.9. The lowest BCUT2D eigenvalue weighted by atomic mass is 10.2. The predicted molar refractivity (Wildman–Crippen MR) is 108 cm³/mol. The Bertz CT molecular complexity index is 906. The van der Waals surface area contributed by atoms with E-state index in [0.29, 0.717) is 27.4 Å². The summed E-state index contributed by atoms with van der Waals surface area (Å²) in [6.45, 7) is 2.15. The number of benzene rings is 2. The number of phenolic OH excluding ortho intramolecular Hbond substituents is 1. The molecule has 7 nitrogen and oxygen atoms in total. The van der Waals surface area contributed by atoms with E-state index in [1.54, 1.807) is 13.0 Å². The number of nitrogens with one attached hydrogen (secondary N) is 2. The molecule has 2 amide bonds. The van der Waals surface area contributed by atoms with Gasteiger partial charge in [-0.3, -0.25) is 9.59 Å². The largest absolute Gasteiger partial charge is 0.503 e. The van der Waals surface area contributed by atoms with E-state index in [9.17, 15) is 14.7 Å². The monoisotopic (exact) mass is 473 g/mol. The fraction of sp³-hybridized carbons (Fsp3) is 0.118. The molecule has 0 spiro atoms. The highest BCUT2D eigenvalue weighted by Gasteiger charge is 2.14. The Labute approximate surface area is 173 Å². The van der Waals surface area contributed by atoms with Crippen molar-refractivity contribution in [2.24, 2.45) is 5.10 Å². The Morgan fingerprint density at radius 2 is 1.96 bits per heavy atom. The smallest absolute Gasteiger partial charge is 0.329 e. The number of halogens is 3. The molecule has 27 heavy (non-hydrogen) atoms. The van der Waals surface area contributed by atoms with Gasteiger partial charge >= 0.3 is 11.8 Å². The number of hydrogen-bond donors (Lipinski definition) is 3. The summed E-state index contributed by atoms with van der Waals surface area (Å²) in [5.74, 6) is -1.68. The van der Waals surface area contributed by atoms with Crippen molar-refractivity contribution in [2.45, 2.75) is 6.92 Å². The maximum atomic E-state index is 11.9. The fourth-order valence-electron chi connectivity index (χ4n) is 1.91. The third-order valence-corrected chi connectivity index (χ3v) is 4.46. The number of carbonyl (C=O) groups excluding carboxylic acids is 2. The van der Waals surface area contributed by atoms with Gasteiger partial charge in [0.05, 0.1) is 27.3 Å². The van der Waals surface area contributed by atoms with Crippen LogP contribution in [0.25, 0.3) is 0 Å². The number of amides is 2. The van der Waals surface area contributed by atoms with Crippen molar-refractivity contribution in [1.82, 2.24) is 5.43 Å². The molecule has 142 valence electrons. The number of aromatic hydroxyl groups is 1. The quantitative estimate of drug-likeness (QED) is 0.347. The van der Waals surface area contributed by atoms with Crippen LogP contribution in [0.15, 0.2) is 39.9 Å². The van der Waals surface area contributed by atoms with Crippen molar-refractivity contribution >= 4 is 62.8 Å². The van der Waals surface area contributed by atoms with E-state index in [0.717, 1.165) is 0 Å². The normalized spacial score (nSPS) is 10.7. The van der Waals surface area contributed by atoms with Crippen LogP contribution in [0.2, 0.25) is 10.0 Å². The molecule has 0 aliphatic carbocycles. The molecular weight excluding hydrogens is 461 g/mol. The van der Waals surface area contributed by atoms with E-state index >= 15 is 0 Å². The van der Waals surface area contributed by atoms with Gasteiger partial charge in [0.15, 0.2) is 11.5 Å². The van der Waals surface area contributed by atoms with Crippen molar-refractivity contribution in [2.75, 3.05) is 11.9 Å². The summed E-state index contributed by atoms with van der Waals surface area (Å²) < 4.78 is 5.70. The van der Waals surface area contributed by atoms with Gasteiger partial charge in [-0.05, 0) is 58.7 Å². The molecular formula is C17H14BrCl2N3O4. The minimum Gasteiger partial charge on any atom is -0.503 e. The number of hydrazone groups is 1. The summed E-state index contributed by atoms with van der Waals surface area (Å²) in [7, 11) is 0. The molecule has 0 aliphatic heterocycles. The highest BCUT2D eigenvalue weighted by Crippen LogP contribution is 2.35. The van der Waals surface area contributed by atoms with Crippen LogP contribution in [0.4, 0.5) is 5.69 Å². The van der Waals surface area contributed by atoms with Crippen LogP contribution >= 0.6 is 39.1 Å². The third kappa shape index (κ3) is 5.85. The minimum atomic E-state index is -0.972. The van der Waals surface area contributed by atoms with Crippen molar-refractivity contribution in [3.8, 4) is 11.5 Å². The van der Waals surface area contributed by atoms with E-state index in [1.165, 1.54) is 30.5 Å². The van der Waals surface area contributed by atoms with Gasteiger partial charge in [0.2, 0.25) is 0 Å². The Morgan fingerprint density at radius 1 is 1.22 bits per heavy atom. The second-order valence-corrected chi connectivity index (χ2v) is 6.73. The van der Waals surface area contributed by atoms with Gasteiger partial charge in [0, 0.05) is 5.69 Å². The number of hydrogen-bond acceptors (Lipinski definition) is 5. The summed E-state index contributed by atoms with van der Waals surface area (Å²) >= 11 is 14.8. The van der Waals surface area contributed by atoms with Crippen molar-refractivity contribution in [3.05, 3.63) is 50.4 Å². The van der Waals surface area contributed by atoms with E-state index < -0.39 is 11.8 Å². The lowest BCUT2D eigenvalue weighted by Crippen LogP contribution is -2.32. The number of nitrogens with zero attached hydrogens (tertiary/aromatic N) is 1. The van der Waals surface area contributed by atoms with Gasteiger partial charge in [-0.1, -0.05) is 23.2 Å². The molecule has 0 aromatic heterocycles. The van der Waals surface area contributed by atoms with Gasteiger partial charge in [0.1, 0.15) is 0 Å². The van der Waals surface area contributed by atoms with E-state index in [-0.39, 0.29) is 16.5 Å². The molecule has 0 fully saturated rings. The molecule has 0 atom stereocenters. The summed E-state index contributed by atoms with van der Waals surface area (Å²) in [6.07, 6.45) is 1.30. The molecule has 0 bridgehead atoms. The summed E-state index contributed by atoms with van der Waals surface area (Å²) in [4.78, 5) is 23.7. The van der Waals surface area contributed by atoms with Crippen LogP contribution in [-0.4, -0.2) is 29.7 Å². The topological polar surface area (TPSA) is 100 Å². The Hall–Kier alpha value is -2.29. The van der Waals surface area contributed by atoms with Crippen LogP contribution in [0.5, 0.6) is 11.5 Å². The molecule has 10 heteroatoms. The van der Waals surface area contributed by atoms with Crippen LogP contribution < -0.4 is 15.5 Å². The summed E-state index contributed by atoms with van der Waals surface area (Å²) in [6, 6.07) is 7.53. The van der Waals surface area contributed by atoms with Crippen LogP contribution in [-0.2, 0) is 9.59 Å². The van der Waals surface area contributed by atoms with Crippen LogP contribution in [0.3, 0.4) is 0 Å². The molecule has 2 aromatic carbocycles. The van der Waals surface area contributed by atoms with Gasteiger partial charge in [0.25, 0.3) is 0 Å². The maximum absolute atomic E-state index is 11.9. The number of anilines is 1. The second-order valence-electron chi connectivity index (χ2n) is 5.06. The Balaban J connectivity index is 1.99. The predicted octanol–water partition coefficient (Wildman–Crippen LogP) is 3.95. The summed E-state index contributed by atoms with van der Waals surface area (Å²) in [5, 5.41) is 16.5. The fourth-order valence-corrected chi connectivity index (χ4v) is 2.67. The summed E-state index contributed by atoms with van der Waals surface area (Å²) in [5.41, 5.74) is 2.96. The number of phenols is 1. The van der Waals surface area contributed by atoms with Crippen molar-refractivity contribution in [3.63, 3.8) is 0 Å². The van der Waals surface area contributed by atoms with E-state index in [2.05, 4.69) is 31.8 Å². The molecule has 2 aromatic rings. The first kappa shape index (κ1) is 21.0. The number of rotatable bonds is 5. The molecule has 0 radical (unpaired) electrons. The van der Waals surface area contributed by atoms with Gasteiger partial charge in [-0.25, -0.2) is 5.43 Å². The molecule has 0 aliphatic rings. The number of ether oxygens (including phenoxy) is 1. The van der Waals surface area contributed by atoms with E-state index in [4.69, 9.17) is 27.9 Å². The first-order valence-electron chi connectivity index (χ1n) is 7.56. The van der Waals surface area contributed by atoms with Gasteiger partial charge in [-0.15, -0.1) is 0 Å². The van der Waals surface area contributed by atoms with Crippen molar-refractivity contribution in [1.29, 1.82) is 0 Å². The minimum absolute atomic E-state index is 0.0426. The molecule has 2 rings (SSSR count). The Morgan fingerprint density at radius 3 is 2.63 bits per heavy atom. The maximum Gasteiger partial charge on any atom is 0.329 e. The van der Waals surface area contributed by atoms with Crippen LogP contribution in [0, 0.1) is 0 Å². The average Bonchev–Trinajstić information content (AvgIpc) is 2.62. The molecule has 0 saturated heterocycles. The highest BCUT2D eigenvalue weighted by atomic mass is 79.9. The SMILES string of the molecule is CCOc1cc(/C=N/NC(=O)C(=O)Nc2ccc(Cl)c(Cl)c2)cc(Br)c1O. The average molecular weight is 475 g/mol. The molecule has 0 heterocycles. The standard InChI is InChI=1S/C17H14BrCl2N3O4/c1-2-27-14-6-9(5-11(18)15(14)24)8-21-23-17(26)16(25)22-10-3-4-12(19)13(20)7-10/h3-8,24H,2H2,1H3,(H,22,25)(H,23,26)/b21-8+. The lowest BCUT2D eigenvalue weighted by Gasteiger charge is -2.08. The second kappa shape index (κ2) is 9.59. The van der Waals surface area contributed by atoms with Gasteiger partial charge < -0.3 is 15.2 Å². The van der Waals surface area contributed by atoms with Gasteiger partial charge in [-0.2, -0.15) is 5.10 Å². The first-order valence-corrected chi connectivity index (χ1v) is 9.11. The zero-order valence-corrected chi connectivity index (χ0v) is 17.0. The van der Waals surface area contributed by atoms with Crippen molar-refractivity contribution < 1.29 is 19.4 Å². The van der Waals surface area contributed by atoms with E-state index in [1.807, 2.05) is 0 Å². The molecule has 0 unspecified atom stereocenters. The molecule has 3 N–H and O–H groups in total. The number of carbonyl (C=O) groups is 2. The first-order chi connectivity index (χ1) is 12.8. The molecule has 0 saturated carbocycles. The Kier molecular flexibility index (Phi) is 7.46. The highest BCUT2D eigenvalue weighted by molar-refractivity contribution is 9.10.